The summed E-state index contributed by atoms with van der Waals surface area (Å²) in [5, 5.41) is 8.21. The Morgan fingerprint density at radius 1 is 1.39 bits per heavy atom. The summed E-state index contributed by atoms with van der Waals surface area (Å²) >= 11 is 5.69. The zero-order chi connectivity index (χ0) is 17.0. The van der Waals surface area contributed by atoms with Crippen molar-refractivity contribution >= 4 is 28.5 Å². The van der Waals surface area contributed by atoms with Crippen LogP contribution in [-0.2, 0) is 15.5 Å². The second kappa shape index (κ2) is 7.57. The third-order valence-electron chi connectivity index (χ3n) is 3.44. The van der Waals surface area contributed by atoms with Crippen LogP contribution in [0.15, 0.2) is 17.2 Å². The van der Waals surface area contributed by atoms with E-state index < -0.39 is 16.4 Å². The van der Waals surface area contributed by atoms with E-state index in [2.05, 4.69) is 10.2 Å². The Kier molecular flexibility index (Phi) is 5.97. The summed E-state index contributed by atoms with van der Waals surface area (Å²) in [7, 11) is -1.33. The quantitative estimate of drug-likeness (QED) is 0.829. The van der Waals surface area contributed by atoms with Gasteiger partial charge in [-0.2, -0.15) is 0 Å². The molecule has 6 nitrogen and oxygen atoms in total. The van der Waals surface area contributed by atoms with E-state index in [4.69, 9.17) is 16.3 Å². The molecule has 0 saturated carbocycles. The first kappa shape index (κ1) is 18.1. The molecule has 0 aliphatic carbocycles. The molecule has 1 saturated heterocycles. The molecule has 8 heteroatoms. The van der Waals surface area contributed by atoms with Gasteiger partial charge in [-0.05, 0) is 52.2 Å². The molecule has 0 aromatic carbocycles. The highest BCUT2D eigenvalue weighted by Crippen LogP contribution is 2.22. The lowest BCUT2D eigenvalue weighted by Gasteiger charge is -2.36. The summed E-state index contributed by atoms with van der Waals surface area (Å²) in [6, 6.07) is 3.05. The van der Waals surface area contributed by atoms with E-state index in [0.29, 0.717) is 17.3 Å². The Balaban J connectivity index is 2.04. The van der Waals surface area contributed by atoms with Crippen molar-refractivity contribution in [3.8, 4) is 0 Å². The minimum absolute atomic E-state index is 0.114. The van der Waals surface area contributed by atoms with Gasteiger partial charge in [0.2, 0.25) is 0 Å². The minimum atomic E-state index is -1.33. The van der Waals surface area contributed by atoms with E-state index >= 15 is 0 Å². The van der Waals surface area contributed by atoms with Crippen molar-refractivity contribution in [3.63, 3.8) is 0 Å². The summed E-state index contributed by atoms with van der Waals surface area (Å²) in [4.78, 5) is 14.0. The predicted molar refractivity (Wildman–Crippen MR) is 88.9 cm³/mol. The summed E-state index contributed by atoms with van der Waals surface area (Å²) in [6.45, 7) is 6.14. The summed E-state index contributed by atoms with van der Waals surface area (Å²) in [6.07, 6.45) is 2.41. The van der Waals surface area contributed by atoms with Gasteiger partial charge < -0.3 is 9.64 Å². The molecular formula is C15H22ClN3O3S. The van der Waals surface area contributed by atoms with Gasteiger partial charge >= 0.3 is 6.09 Å². The van der Waals surface area contributed by atoms with E-state index in [1.807, 2.05) is 20.8 Å². The minimum Gasteiger partial charge on any atom is -0.444 e. The molecule has 1 aromatic rings. The molecule has 1 aliphatic heterocycles. The first-order chi connectivity index (χ1) is 10.8. The van der Waals surface area contributed by atoms with Gasteiger partial charge in [0.25, 0.3) is 0 Å². The van der Waals surface area contributed by atoms with Crippen molar-refractivity contribution < 1.29 is 13.7 Å². The van der Waals surface area contributed by atoms with E-state index in [1.165, 1.54) is 0 Å². The van der Waals surface area contributed by atoms with Gasteiger partial charge in [-0.15, -0.1) is 10.2 Å². The number of aromatic nitrogens is 2. The highest BCUT2D eigenvalue weighted by Gasteiger charge is 2.31. The largest absolute Gasteiger partial charge is 0.444 e. The lowest BCUT2D eigenvalue weighted by atomic mass is 10.0. The Hall–Kier alpha value is -1.21. The molecule has 2 rings (SSSR count). The Morgan fingerprint density at radius 2 is 2.13 bits per heavy atom. The van der Waals surface area contributed by atoms with Crippen LogP contribution < -0.4 is 0 Å². The third-order valence-corrected chi connectivity index (χ3v) is 5.01. The number of carbonyl (C=O) groups excluding carboxylic acids is 1. The van der Waals surface area contributed by atoms with Crippen molar-refractivity contribution in [1.29, 1.82) is 0 Å². The van der Waals surface area contributed by atoms with E-state index in [-0.39, 0.29) is 17.3 Å². The fourth-order valence-electron chi connectivity index (χ4n) is 2.42. The van der Waals surface area contributed by atoms with E-state index in [0.717, 1.165) is 19.3 Å². The van der Waals surface area contributed by atoms with Gasteiger partial charge in [0.1, 0.15) is 10.6 Å². The molecule has 0 radical (unpaired) electrons. The number of halogens is 1. The van der Waals surface area contributed by atoms with Crippen LogP contribution in [0.3, 0.4) is 0 Å². The lowest BCUT2D eigenvalue weighted by Crippen LogP contribution is -2.48. The van der Waals surface area contributed by atoms with Crippen LogP contribution in [-0.4, -0.2) is 49.3 Å². The monoisotopic (exact) mass is 359 g/mol. The number of rotatable bonds is 3. The summed E-state index contributed by atoms with van der Waals surface area (Å²) in [5.74, 6) is 0.329. The maximum absolute atomic E-state index is 12.5. The average Bonchev–Trinajstić information content (AvgIpc) is 2.46. The Labute approximate surface area is 144 Å². The number of carbonyl (C=O) groups is 1. The summed E-state index contributed by atoms with van der Waals surface area (Å²) in [5.41, 5.74) is -0.542. The number of hydrogen-bond donors (Lipinski definition) is 0. The van der Waals surface area contributed by atoms with Crippen LogP contribution in [0, 0.1) is 0 Å². The average molecular weight is 360 g/mol. The first-order valence-corrected chi connectivity index (χ1v) is 9.33. The summed E-state index contributed by atoms with van der Waals surface area (Å²) < 4.78 is 17.9. The Bertz CT molecular complexity index is 574. The molecule has 128 valence electrons. The van der Waals surface area contributed by atoms with Crippen LogP contribution in [0.4, 0.5) is 4.79 Å². The molecule has 0 unspecified atom stereocenters. The van der Waals surface area contributed by atoms with Crippen molar-refractivity contribution in [2.24, 2.45) is 0 Å². The topological polar surface area (TPSA) is 72.4 Å². The van der Waals surface area contributed by atoms with Gasteiger partial charge in [-0.1, -0.05) is 11.6 Å². The lowest BCUT2D eigenvalue weighted by molar-refractivity contribution is 0.0125. The maximum atomic E-state index is 12.5. The number of hydrogen-bond acceptors (Lipinski definition) is 5. The van der Waals surface area contributed by atoms with Crippen LogP contribution in [0.1, 0.15) is 40.0 Å². The van der Waals surface area contributed by atoms with Crippen molar-refractivity contribution in [2.45, 2.75) is 56.7 Å². The molecule has 1 fully saturated rings. The molecule has 2 atom stereocenters. The SMILES string of the molecule is CC(C)(C)OC(=O)N1CCCC[C@H]1C[S@@](=O)c1ccc(Cl)nn1. The molecule has 0 spiro atoms. The van der Waals surface area contributed by atoms with Gasteiger partial charge in [0, 0.05) is 12.6 Å². The second-order valence-corrected chi connectivity index (χ2v) is 8.36. The standard InChI is InChI=1S/C15H22ClN3O3S/c1-15(2,3)22-14(20)19-9-5-4-6-11(19)10-23(21)13-8-7-12(16)17-18-13/h7-8,11H,4-6,9-10H2,1-3H3/t11-,23+/m0/s1. The smallest absolute Gasteiger partial charge is 0.410 e. The van der Waals surface area contributed by atoms with Crippen molar-refractivity contribution in [1.82, 2.24) is 15.1 Å². The fourth-order valence-corrected chi connectivity index (χ4v) is 3.74. The zero-order valence-electron chi connectivity index (χ0n) is 13.6. The van der Waals surface area contributed by atoms with Gasteiger partial charge in [0.15, 0.2) is 5.15 Å². The predicted octanol–water partition coefficient (Wildman–Crippen LogP) is 3.03. The number of ether oxygens (including phenoxy) is 1. The van der Waals surface area contributed by atoms with E-state index in [9.17, 15) is 9.00 Å². The number of likely N-dealkylation sites (tertiary alicyclic amines) is 1. The second-order valence-electron chi connectivity index (χ2n) is 6.53. The highest BCUT2D eigenvalue weighted by molar-refractivity contribution is 7.85. The normalized spacial score (nSPS) is 20.2. The molecule has 23 heavy (non-hydrogen) atoms. The van der Waals surface area contributed by atoms with Crippen molar-refractivity contribution in [3.05, 3.63) is 17.3 Å². The fraction of sp³-hybridized carbons (Fsp3) is 0.667. The van der Waals surface area contributed by atoms with Gasteiger partial charge in [0.05, 0.1) is 16.6 Å². The molecule has 1 amide bonds. The van der Waals surface area contributed by atoms with Crippen LogP contribution >= 0.6 is 11.6 Å². The zero-order valence-corrected chi connectivity index (χ0v) is 15.2. The van der Waals surface area contributed by atoms with Crippen molar-refractivity contribution in [2.75, 3.05) is 12.3 Å². The van der Waals surface area contributed by atoms with Gasteiger partial charge in [-0.25, -0.2) is 4.79 Å². The van der Waals surface area contributed by atoms with Crippen LogP contribution in [0.2, 0.25) is 5.15 Å². The van der Waals surface area contributed by atoms with Crippen LogP contribution in [0.25, 0.3) is 0 Å². The maximum Gasteiger partial charge on any atom is 0.410 e. The van der Waals surface area contributed by atoms with E-state index in [1.54, 1.807) is 17.0 Å². The highest BCUT2D eigenvalue weighted by atomic mass is 35.5. The van der Waals surface area contributed by atoms with Crippen LogP contribution in [0.5, 0.6) is 0 Å². The van der Waals surface area contributed by atoms with Gasteiger partial charge in [-0.3, -0.25) is 4.21 Å². The molecular weight excluding hydrogens is 338 g/mol. The Morgan fingerprint density at radius 3 is 2.74 bits per heavy atom. The first-order valence-electron chi connectivity index (χ1n) is 7.63. The molecule has 2 heterocycles. The number of piperidine rings is 1. The molecule has 1 aromatic heterocycles. The molecule has 0 N–H and O–H groups in total. The number of nitrogens with zero attached hydrogens (tertiary/aromatic N) is 3. The third kappa shape index (κ3) is 5.42. The molecule has 1 aliphatic rings. The number of amides is 1. The molecule has 0 bridgehead atoms.